The zero-order chi connectivity index (χ0) is 10.8. The summed E-state index contributed by atoms with van der Waals surface area (Å²) in [6.45, 7) is 0. The molecular weight excluding hydrogens is 212 g/mol. The number of hydrogen-bond acceptors (Lipinski definition) is 2. The van der Waals surface area contributed by atoms with E-state index in [1.165, 1.54) is 4.68 Å². The van der Waals surface area contributed by atoms with Gasteiger partial charge in [0.2, 0.25) is 11.1 Å². The molecule has 0 saturated carbocycles. The molecule has 0 saturated heterocycles. The molecule has 5 heteroatoms. The molecule has 0 fully saturated rings. The van der Waals surface area contributed by atoms with Gasteiger partial charge in [0.25, 0.3) is 0 Å². The topological polar surface area (TPSA) is 55.1 Å². The first-order valence-corrected chi connectivity index (χ1v) is 5.49. The molecule has 1 aromatic carbocycles. The minimum Gasteiger partial charge on any atom is -0.301 e. The van der Waals surface area contributed by atoms with Gasteiger partial charge in [-0.05, 0) is 0 Å². The van der Waals surface area contributed by atoms with Gasteiger partial charge >= 0.3 is 0 Å². The minimum absolute atomic E-state index is 0.300. The van der Waals surface area contributed by atoms with Gasteiger partial charge in [-0.15, -0.1) is 0 Å². The fourth-order valence-corrected chi connectivity index (χ4v) is 1.84. The molecular formula is C10H10N2O2S. The average Bonchev–Trinajstić information content (AvgIpc) is 2.62. The molecule has 1 N–H and O–H groups in total. The van der Waals surface area contributed by atoms with Crippen molar-refractivity contribution in [3.63, 3.8) is 0 Å². The molecule has 2 aromatic rings. The van der Waals surface area contributed by atoms with Gasteiger partial charge in [0, 0.05) is 18.7 Å². The van der Waals surface area contributed by atoms with E-state index in [9.17, 15) is 4.21 Å². The molecule has 15 heavy (non-hydrogen) atoms. The maximum absolute atomic E-state index is 10.9. The standard InChI is InChI=1S/C10H10N2O2S/c1-12-10(15(13)14)7-9(11-12)8-5-3-2-4-6-8/h2-7H,1H3,(H,13,14). The first-order valence-electron chi connectivity index (χ1n) is 4.39. The van der Waals surface area contributed by atoms with Crippen molar-refractivity contribution >= 4 is 11.1 Å². The smallest absolute Gasteiger partial charge is 0.205 e. The molecule has 0 bridgehead atoms. The zero-order valence-corrected chi connectivity index (χ0v) is 8.94. The quantitative estimate of drug-likeness (QED) is 0.786. The summed E-state index contributed by atoms with van der Waals surface area (Å²) in [4.78, 5) is 0. The van der Waals surface area contributed by atoms with Gasteiger partial charge < -0.3 is 4.55 Å². The molecule has 1 unspecified atom stereocenters. The van der Waals surface area contributed by atoms with Crippen molar-refractivity contribution in [3.8, 4) is 11.3 Å². The van der Waals surface area contributed by atoms with Crippen LogP contribution in [0.15, 0.2) is 41.4 Å². The number of benzene rings is 1. The second-order valence-electron chi connectivity index (χ2n) is 3.11. The Morgan fingerprint density at radius 2 is 2.00 bits per heavy atom. The van der Waals surface area contributed by atoms with Crippen molar-refractivity contribution in [2.24, 2.45) is 7.05 Å². The van der Waals surface area contributed by atoms with Gasteiger partial charge in [-0.3, -0.25) is 4.68 Å². The Kier molecular flexibility index (Phi) is 2.66. The van der Waals surface area contributed by atoms with Crippen molar-refractivity contribution in [1.82, 2.24) is 9.78 Å². The van der Waals surface area contributed by atoms with E-state index in [2.05, 4.69) is 5.10 Å². The van der Waals surface area contributed by atoms with Crippen molar-refractivity contribution < 1.29 is 8.76 Å². The maximum atomic E-state index is 10.9. The molecule has 4 nitrogen and oxygen atoms in total. The summed E-state index contributed by atoms with van der Waals surface area (Å²) in [5.41, 5.74) is 1.64. The first kappa shape index (κ1) is 10.1. The van der Waals surface area contributed by atoms with Crippen molar-refractivity contribution in [2.75, 3.05) is 0 Å². The van der Waals surface area contributed by atoms with E-state index in [1.54, 1.807) is 13.1 Å². The lowest BCUT2D eigenvalue weighted by Gasteiger charge is -1.93. The number of aromatic nitrogens is 2. The molecule has 1 atom stereocenters. The van der Waals surface area contributed by atoms with Crippen LogP contribution in [0.2, 0.25) is 0 Å². The van der Waals surface area contributed by atoms with Gasteiger partial charge in [0.05, 0.1) is 5.69 Å². The van der Waals surface area contributed by atoms with Gasteiger partial charge in [0.1, 0.15) is 0 Å². The molecule has 0 aliphatic rings. The Labute approximate surface area is 89.8 Å². The minimum atomic E-state index is -1.99. The van der Waals surface area contributed by atoms with Crippen LogP contribution >= 0.6 is 0 Å². The highest BCUT2D eigenvalue weighted by atomic mass is 32.2. The van der Waals surface area contributed by atoms with E-state index in [1.807, 2.05) is 30.3 Å². The molecule has 0 radical (unpaired) electrons. The van der Waals surface area contributed by atoms with Crippen LogP contribution in [-0.4, -0.2) is 18.5 Å². The molecule has 0 amide bonds. The zero-order valence-electron chi connectivity index (χ0n) is 8.12. The summed E-state index contributed by atoms with van der Waals surface area (Å²) in [7, 11) is 1.65. The SMILES string of the molecule is Cn1nc(-c2ccccc2)cc1S(=O)O. The van der Waals surface area contributed by atoms with Crippen LogP contribution in [0.3, 0.4) is 0 Å². The lowest BCUT2D eigenvalue weighted by Crippen LogP contribution is -1.99. The average molecular weight is 222 g/mol. The van der Waals surface area contributed by atoms with Crippen LogP contribution in [0.5, 0.6) is 0 Å². The number of aryl methyl sites for hydroxylation is 1. The molecule has 0 aliphatic heterocycles. The Hall–Kier alpha value is -1.46. The van der Waals surface area contributed by atoms with Crippen LogP contribution in [-0.2, 0) is 18.1 Å². The van der Waals surface area contributed by atoms with Gasteiger partial charge in [-0.25, -0.2) is 4.21 Å². The number of nitrogens with zero attached hydrogens (tertiary/aromatic N) is 2. The molecule has 0 spiro atoms. The highest BCUT2D eigenvalue weighted by Gasteiger charge is 2.10. The normalized spacial score (nSPS) is 12.7. The van der Waals surface area contributed by atoms with E-state index in [-0.39, 0.29) is 0 Å². The Balaban J connectivity index is 2.48. The largest absolute Gasteiger partial charge is 0.301 e. The summed E-state index contributed by atoms with van der Waals surface area (Å²) >= 11 is -1.99. The highest BCUT2D eigenvalue weighted by Crippen LogP contribution is 2.19. The van der Waals surface area contributed by atoms with Crippen molar-refractivity contribution in [2.45, 2.75) is 5.03 Å². The molecule has 0 aliphatic carbocycles. The second kappa shape index (κ2) is 3.96. The third kappa shape index (κ3) is 1.98. The number of hydrogen-bond donors (Lipinski definition) is 1. The van der Waals surface area contributed by atoms with Gasteiger partial charge in [0.15, 0.2) is 5.03 Å². The lowest BCUT2D eigenvalue weighted by atomic mass is 10.2. The van der Waals surface area contributed by atoms with E-state index < -0.39 is 11.1 Å². The predicted molar refractivity (Wildman–Crippen MR) is 57.7 cm³/mol. The van der Waals surface area contributed by atoms with E-state index in [4.69, 9.17) is 4.55 Å². The van der Waals surface area contributed by atoms with Crippen LogP contribution in [0.25, 0.3) is 11.3 Å². The summed E-state index contributed by atoms with van der Waals surface area (Å²) in [6, 6.07) is 11.2. The maximum Gasteiger partial charge on any atom is 0.205 e. The van der Waals surface area contributed by atoms with E-state index in [0.29, 0.717) is 10.7 Å². The summed E-state index contributed by atoms with van der Waals surface area (Å²) in [6.07, 6.45) is 0. The fourth-order valence-electron chi connectivity index (χ4n) is 1.36. The van der Waals surface area contributed by atoms with E-state index in [0.717, 1.165) is 5.56 Å². The highest BCUT2D eigenvalue weighted by molar-refractivity contribution is 7.79. The van der Waals surface area contributed by atoms with E-state index >= 15 is 0 Å². The van der Waals surface area contributed by atoms with Gasteiger partial charge in [-0.2, -0.15) is 5.10 Å². The monoisotopic (exact) mass is 222 g/mol. The molecule has 1 heterocycles. The van der Waals surface area contributed by atoms with Crippen LogP contribution < -0.4 is 0 Å². The summed E-state index contributed by atoms with van der Waals surface area (Å²) < 4.78 is 21.3. The molecule has 1 aromatic heterocycles. The van der Waals surface area contributed by atoms with Crippen LogP contribution in [0.4, 0.5) is 0 Å². The Morgan fingerprint density at radius 3 is 2.53 bits per heavy atom. The predicted octanol–water partition coefficient (Wildman–Crippen LogP) is 1.67. The second-order valence-corrected chi connectivity index (χ2v) is 4.02. The lowest BCUT2D eigenvalue weighted by molar-refractivity contribution is 0.547. The number of rotatable bonds is 2. The Bertz CT molecular complexity index is 493. The Morgan fingerprint density at radius 1 is 1.33 bits per heavy atom. The third-order valence-corrected chi connectivity index (χ3v) is 2.83. The van der Waals surface area contributed by atoms with Crippen molar-refractivity contribution in [1.29, 1.82) is 0 Å². The molecule has 78 valence electrons. The van der Waals surface area contributed by atoms with Gasteiger partial charge in [-0.1, -0.05) is 30.3 Å². The van der Waals surface area contributed by atoms with Crippen LogP contribution in [0, 0.1) is 0 Å². The molecule has 2 rings (SSSR count). The first-order chi connectivity index (χ1) is 7.18. The summed E-state index contributed by atoms with van der Waals surface area (Å²) in [5.74, 6) is 0. The van der Waals surface area contributed by atoms with Crippen molar-refractivity contribution in [3.05, 3.63) is 36.4 Å². The third-order valence-electron chi connectivity index (χ3n) is 2.09. The van der Waals surface area contributed by atoms with Crippen LogP contribution in [0.1, 0.15) is 0 Å². The summed E-state index contributed by atoms with van der Waals surface area (Å²) in [5, 5.41) is 4.47. The fraction of sp³-hybridized carbons (Fsp3) is 0.100.